The van der Waals surface area contributed by atoms with Gasteiger partial charge in [-0.3, -0.25) is 9.59 Å². The lowest BCUT2D eigenvalue weighted by atomic mass is 9.96. The molecule has 0 aromatic heterocycles. The molecule has 2 amide bonds. The zero-order valence-corrected chi connectivity index (χ0v) is 16.5. The number of aryl methyl sites for hydroxylation is 1. The van der Waals surface area contributed by atoms with Crippen molar-refractivity contribution in [1.82, 2.24) is 14.1 Å². The summed E-state index contributed by atoms with van der Waals surface area (Å²) in [6, 6.07) is 7.55. The van der Waals surface area contributed by atoms with Crippen molar-refractivity contribution in [1.29, 1.82) is 0 Å². The van der Waals surface area contributed by atoms with E-state index in [2.05, 4.69) is 0 Å². The van der Waals surface area contributed by atoms with Gasteiger partial charge in [-0.15, -0.1) is 0 Å². The second-order valence-corrected chi connectivity index (χ2v) is 9.35. The normalized spacial score (nSPS) is 19.9. The summed E-state index contributed by atoms with van der Waals surface area (Å²) in [5, 5.41) is 0. The van der Waals surface area contributed by atoms with Crippen LogP contribution < -0.4 is 0 Å². The summed E-state index contributed by atoms with van der Waals surface area (Å²) in [6.07, 6.45) is 1.93. The molecule has 2 aliphatic heterocycles. The number of hydrogen-bond donors (Lipinski definition) is 0. The lowest BCUT2D eigenvalue weighted by molar-refractivity contribution is -0.140. The van der Waals surface area contributed by atoms with Gasteiger partial charge in [0.2, 0.25) is 22.3 Å². The summed E-state index contributed by atoms with van der Waals surface area (Å²) < 4.78 is 26.9. The molecule has 0 spiro atoms. The number of benzene rings is 1. The Bertz CT molecular complexity index is 780. The molecular weight excluding hydrogens is 366 g/mol. The molecule has 8 heteroatoms. The minimum absolute atomic E-state index is 0.000941. The van der Waals surface area contributed by atoms with Crippen LogP contribution in [0.1, 0.15) is 24.0 Å². The largest absolute Gasteiger partial charge is 0.342 e. The van der Waals surface area contributed by atoms with E-state index in [4.69, 9.17) is 0 Å². The van der Waals surface area contributed by atoms with Gasteiger partial charge in [0.15, 0.2) is 0 Å². The number of sulfonamides is 1. The molecule has 27 heavy (non-hydrogen) atoms. The fraction of sp³-hybridized carbons (Fsp3) is 0.579. The smallest absolute Gasteiger partial charge is 0.225 e. The predicted molar refractivity (Wildman–Crippen MR) is 102 cm³/mol. The first-order chi connectivity index (χ1) is 12.9. The van der Waals surface area contributed by atoms with E-state index in [9.17, 15) is 18.0 Å². The van der Waals surface area contributed by atoms with Crippen molar-refractivity contribution in [2.75, 3.05) is 39.3 Å². The van der Waals surface area contributed by atoms with Crippen LogP contribution in [0.2, 0.25) is 0 Å². The first kappa shape index (κ1) is 19.8. The topological polar surface area (TPSA) is 78.0 Å². The molecule has 3 rings (SSSR count). The Morgan fingerprint density at radius 2 is 1.78 bits per heavy atom. The standard InChI is InChI=1S/C19H27N3O4S/c1-16-3-2-4-17(13-16)14-27(25,26)22-7-5-18(6-8-22)19(24)21-11-9-20(15-23)10-12-21/h2-4,13,15,18H,5-12,14H2,1H3. The molecule has 148 valence electrons. The van der Waals surface area contributed by atoms with Gasteiger partial charge >= 0.3 is 0 Å². The van der Waals surface area contributed by atoms with Gasteiger partial charge in [0.05, 0.1) is 5.75 Å². The Balaban J connectivity index is 1.53. The van der Waals surface area contributed by atoms with E-state index in [1.807, 2.05) is 36.1 Å². The minimum Gasteiger partial charge on any atom is -0.342 e. The van der Waals surface area contributed by atoms with Crippen molar-refractivity contribution in [2.45, 2.75) is 25.5 Å². The molecule has 0 saturated carbocycles. The summed E-state index contributed by atoms with van der Waals surface area (Å²) in [6.45, 7) is 4.98. The lowest BCUT2D eigenvalue weighted by Crippen LogP contribution is -2.51. The number of amides is 2. The molecule has 0 aliphatic carbocycles. The van der Waals surface area contributed by atoms with Crippen LogP contribution in [0.4, 0.5) is 0 Å². The zero-order valence-electron chi connectivity index (χ0n) is 15.7. The maximum atomic E-state index is 12.7. The lowest BCUT2D eigenvalue weighted by Gasteiger charge is -2.37. The average molecular weight is 394 g/mol. The van der Waals surface area contributed by atoms with E-state index < -0.39 is 10.0 Å². The van der Waals surface area contributed by atoms with Crippen molar-refractivity contribution in [2.24, 2.45) is 5.92 Å². The van der Waals surface area contributed by atoms with Crippen molar-refractivity contribution in [3.8, 4) is 0 Å². The van der Waals surface area contributed by atoms with Crippen LogP contribution >= 0.6 is 0 Å². The fourth-order valence-electron chi connectivity index (χ4n) is 3.79. The molecule has 2 saturated heterocycles. The van der Waals surface area contributed by atoms with Crippen LogP contribution in [0.5, 0.6) is 0 Å². The summed E-state index contributed by atoms with van der Waals surface area (Å²) >= 11 is 0. The molecule has 0 radical (unpaired) electrons. The predicted octanol–water partition coefficient (Wildman–Crippen LogP) is 0.837. The van der Waals surface area contributed by atoms with Crippen LogP contribution in [0.25, 0.3) is 0 Å². The molecule has 0 atom stereocenters. The Kier molecular flexibility index (Phi) is 6.16. The number of nitrogens with zero attached hydrogens (tertiary/aromatic N) is 3. The molecule has 1 aromatic carbocycles. The van der Waals surface area contributed by atoms with E-state index in [-0.39, 0.29) is 17.6 Å². The fourth-order valence-corrected chi connectivity index (χ4v) is 5.34. The molecular formula is C19H27N3O4S. The van der Waals surface area contributed by atoms with Gasteiger partial charge in [0.25, 0.3) is 0 Å². The number of carbonyl (C=O) groups excluding carboxylic acids is 2. The van der Waals surface area contributed by atoms with Crippen molar-refractivity contribution < 1.29 is 18.0 Å². The van der Waals surface area contributed by atoms with Gasteiger partial charge in [-0.05, 0) is 25.3 Å². The van der Waals surface area contributed by atoms with E-state index in [1.165, 1.54) is 4.31 Å². The molecule has 2 aliphatic rings. The number of hydrogen-bond acceptors (Lipinski definition) is 4. The SMILES string of the molecule is Cc1cccc(CS(=O)(=O)N2CCC(C(=O)N3CCN(C=O)CC3)CC2)c1. The molecule has 0 unspecified atom stereocenters. The van der Waals surface area contributed by atoms with Crippen molar-refractivity contribution in [3.05, 3.63) is 35.4 Å². The Morgan fingerprint density at radius 3 is 2.37 bits per heavy atom. The average Bonchev–Trinajstić information content (AvgIpc) is 2.67. The summed E-state index contributed by atoms with van der Waals surface area (Å²) in [7, 11) is -3.37. The van der Waals surface area contributed by atoms with E-state index in [0.717, 1.165) is 17.5 Å². The third kappa shape index (κ3) is 4.87. The third-order valence-corrected chi connectivity index (χ3v) is 7.25. The van der Waals surface area contributed by atoms with E-state index in [0.29, 0.717) is 52.1 Å². The zero-order chi connectivity index (χ0) is 19.4. The number of rotatable bonds is 5. The maximum Gasteiger partial charge on any atom is 0.225 e. The van der Waals surface area contributed by atoms with Crippen LogP contribution in [-0.2, 0) is 25.4 Å². The van der Waals surface area contributed by atoms with Crippen LogP contribution in [0.3, 0.4) is 0 Å². The highest BCUT2D eigenvalue weighted by Gasteiger charge is 2.33. The van der Waals surface area contributed by atoms with Crippen LogP contribution in [-0.4, -0.2) is 74.1 Å². The molecule has 0 N–H and O–H groups in total. The summed E-state index contributed by atoms with van der Waals surface area (Å²) in [5.74, 6) is -0.0319. The molecule has 2 fully saturated rings. The molecule has 1 aromatic rings. The van der Waals surface area contributed by atoms with Gasteiger partial charge in [-0.2, -0.15) is 0 Å². The van der Waals surface area contributed by atoms with E-state index >= 15 is 0 Å². The Hall–Kier alpha value is -1.93. The summed E-state index contributed by atoms with van der Waals surface area (Å²) in [4.78, 5) is 26.9. The van der Waals surface area contributed by atoms with Gasteiger partial charge in [0, 0.05) is 45.2 Å². The molecule has 2 heterocycles. The quantitative estimate of drug-likeness (QED) is 0.695. The monoisotopic (exact) mass is 393 g/mol. The van der Waals surface area contributed by atoms with Crippen molar-refractivity contribution in [3.63, 3.8) is 0 Å². The second-order valence-electron chi connectivity index (χ2n) is 7.39. The summed E-state index contributed by atoms with van der Waals surface area (Å²) in [5.41, 5.74) is 1.84. The van der Waals surface area contributed by atoms with Gasteiger partial charge in [0.1, 0.15) is 0 Å². The first-order valence-electron chi connectivity index (χ1n) is 9.40. The van der Waals surface area contributed by atoms with Crippen LogP contribution in [0, 0.1) is 12.8 Å². The number of piperidine rings is 1. The number of piperazine rings is 1. The maximum absolute atomic E-state index is 12.7. The first-order valence-corrected chi connectivity index (χ1v) is 11.0. The highest BCUT2D eigenvalue weighted by atomic mass is 32.2. The Morgan fingerprint density at radius 1 is 1.11 bits per heavy atom. The second kappa shape index (κ2) is 8.39. The highest BCUT2D eigenvalue weighted by Crippen LogP contribution is 2.24. The van der Waals surface area contributed by atoms with Gasteiger partial charge in [-0.25, -0.2) is 12.7 Å². The Labute approximate surface area is 161 Å². The van der Waals surface area contributed by atoms with Gasteiger partial charge < -0.3 is 9.80 Å². The molecule has 0 bridgehead atoms. The van der Waals surface area contributed by atoms with E-state index in [1.54, 1.807) is 4.90 Å². The van der Waals surface area contributed by atoms with Crippen molar-refractivity contribution >= 4 is 22.3 Å². The van der Waals surface area contributed by atoms with Crippen LogP contribution in [0.15, 0.2) is 24.3 Å². The van der Waals surface area contributed by atoms with Gasteiger partial charge in [-0.1, -0.05) is 29.8 Å². The number of carbonyl (C=O) groups is 2. The molecule has 7 nitrogen and oxygen atoms in total. The minimum atomic E-state index is -3.37. The third-order valence-electron chi connectivity index (χ3n) is 5.40. The highest BCUT2D eigenvalue weighted by molar-refractivity contribution is 7.88.